The van der Waals surface area contributed by atoms with Gasteiger partial charge in [-0.25, -0.2) is 0 Å². The summed E-state index contributed by atoms with van der Waals surface area (Å²) >= 11 is 0. The van der Waals surface area contributed by atoms with Crippen LogP contribution < -0.4 is 0 Å². The normalized spacial score (nSPS) is 37.8. The van der Waals surface area contributed by atoms with E-state index in [2.05, 4.69) is 0 Å². The van der Waals surface area contributed by atoms with Crippen LogP contribution in [0.25, 0.3) is 0 Å². The minimum atomic E-state index is 0.250. The van der Waals surface area contributed by atoms with Crippen LogP contribution in [0.2, 0.25) is 0 Å². The number of aliphatic hydroxyl groups is 2. The Kier molecular flexibility index (Phi) is 4.02. The Morgan fingerprint density at radius 1 is 1.17 bits per heavy atom. The molecule has 2 saturated carbocycles. The standard InChI is InChI=1S/C8H14O.C2H6O/c9-5-8-4-6-1-2-7(8)3-6;1-2-3/h6-9H,1-5H2;3H,2H2,1H3. The van der Waals surface area contributed by atoms with Gasteiger partial charge in [0.15, 0.2) is 0 Å². The molecule has 3 unspecified atom stereocenters. The van der Waals surface area contributed by atoms with E-state index in [1.165, 1.54) is 25.7 Å². The Balaban J connectivity index is 0.000000213. The van der Waals surface area contributed by atoms with E-state index in [-0.39, 0.29) is 6.61 Å². The van der Waals surface area contributed by atoms with E-state index in [0.717, 1.165) is 11.8 Å². The molecule has 0 aromatic rings. The first-order valence-corrected chi connectivity index (χ1v) is 5.03. The maximum atomic E-state index is 8.89. The van der Waals surface area contributed by atoms with E-state index >= 15 is 0 Å². The molecule has 0 amide bonds. The number of fused-ring (bicyclic) bond motifs is 2. The molecule has 0 aromatic heterocycles. The van der Waals surface area contributed by atoms with Crippen LogP contribution in [0.4, 0.5) is 0 Å². The lowest BCUT2D eigenvalue weighted by Gasteiger charge is -2.18. The number of hydrogen-bond acceptors (Lipinski definition) is 2. The summed E-state index contributed by atoms with van der Waals surface area (Å²) in [5.41, 5.74) is 0. The Morgan fingerprint density at radius 3 is 2.08 bits per heavy atom. The van der Waals surface area contributed by atoms with Gasteiger partial charge >= 0.3 is 0 Å². The Bertz CT molecular complexity index is 125. The van der Waals surface area contributed by atoms with Crippen LogP contribution in [0.3, 0.4) is 0 Å². The van der Waals surface area contributed by atoms with Crippen molar-refractivity contribution >= 4 is 0 Å². The van der Waals surface area contributed by atoms with Gasteiger partial charge in [-0.05, 0) is 43.9 Å². The van der Waals surface area contributed by atoms with E-state index in [1.807, 2.05) is 0 Å². The molecule has 2 aliphatic rings. The van der Waals surface area contributed by atoms with Crippen molar-refractivity contribution in [1.29, 1.82) is 0 Å². The molecule has 2 nitrogen and oxygen atoms in total. The van der Waals surface area contributed by atoms with Gasteiger partial charge in [0, 0.05) is 13.2 Å². The molecule has 3 atom stereocenters. The van der Waals surface area contributed by atoms with Crippen molar-refractivity contribution in [3.8, 4) is 0 Å². The third-order valence-electron chi connectivity index (χ3n) is 3.12. The van der Waals surface area contributed by atoms with E-state index < -0.39 is 0 Å². The Labute approximate surface area is 74.6 Å². The number of aliphatic hydroxyl groups excluding tert-OH is 2. The number of hydrogen-bond donors (Lipinski definition) is 2. The summed E-state index contributed by atoms with van der Waals surface area (Å²) < 4.78 is 0. The third-order valence-corrected chi connectivity index (χ3v) is 3.12. The van der Waals surface area contributed by atoms with Crippen LogP contribution in [0.5, 0.6) is 0 Å². The molecule has 0 spiro atoms. The minimum Gasteiger partial charge on any atom is -0.397 e. The summed E-state index contributed by atoms with van der Waals surface area (Å²) in [5.74, 6) is 2.58. The van der Waals surface area contributed by atoms with Crippen LogP contribution >= 0.6 is 0 Å². The van der Waals surface area contributed by atoms with Gasteiger partial charge in [0.25, 0.3) is 0 Å². The first-order chi connectivity index (χ1) is 5.81. The highest BCUT2D eigenvalue weighted by molar-refractivity contribution is 4.89. The third kappa shape index (κ3) is 2.20. The molecule has 0 heterocycles. The van der Waals surface area contributed by atoms with Crippen LogP contribution in [-0.2, 0) is 0 Å². The van der Waals surface area contributed by atoms with Crippen molar-refractivity contribution in [2.24, 2.45) is 17.8 Å². The molecular weight excluding hydrogens is 152 g/mol. The zero-order valence-electron chi connectivity index (χ0n) is 7.87. The van der Waals surface area contributed by atoms with Gasteiger partial charge in [0.1, 0.15) is 0 Å². The quantitative estimate of drug-likeness (QED) is 0.628. The number of rotatable bonds is 1. The molecule has 0 aliphatic heterocycles. The van der Waals surface area contributed by atoms with Crippen molar-refractivity contribution in [1.82, 2.24) is 0 Å². The van der Waals surface area contributed by atoms with Gasteiger partial charge in [0.2, 0.25) is 0 Å². The van der Waals surface area contributed by atoms with Gasteiger partial charge in [-0.1, -0.05) is 6.42 Å². The highest BCUT2D eigenvalue weighted by Crippen LogP contribution is 2.47. The van der Waals surface area contributed by atoms with E-state index in [0.29, 0.717) is 12.5 Å². The SMILES string of the molecule is CCO.OCC1CC2CCC1C2. The highest BCUT2D eigenvalue weighted by Gasteiger charge is 2.38. The fourth-order valence-electron chi connectivity index (χ4n) is 2.60. The largest absolute Gasteiger partial charge is 0.397 e. The summed E-state index contributed by atoms with van der Waals surface area (Å²) in [6.07, 6.45) is 5.59. The van der Waals surface area contributed by atoms with E-state index in [4.69, 9.17) is 10.2 Å². The summed E-state index contributed by atoms with van der Waals surface area (Å²) in [7, 11) is 0. The van der Waals surface area contributed by atoms with Gasteiger partial charge in [-0.2, -0.15) is 0 Å². The predicted octanol–water partition coefficient (Wildman–Crippen LogP) is 1.41. The van der Waals surface area contributed by atoms with Gasteiger partial charge in [-0.3, -0.25) is 0 Å². The first kappa shape index (κ1) is 10.0. The first-order valence-electron chi connectivity index (χ1n) is 5.03. The maximum absolute atomic E-state index is 8.89. The van der Waals surface area contributed by atoms with Gasteiger partial charge < -0.3 is 10.2 Å². The van der Waals surface area contributed by atoms with Crippen molar-refractivity contribution in [2.45, 2.75) is 32.6 Å². The van der Waals surface area contributed by atoms with Crippen LogP contribution in [0.15, 0.2) is 0 Å². The second-order valence-electron chi connectivity index (χ2n) is 3.93. The molecule has 2 heteroatoms. The molecule has 2 rings (SSSR count). The second-order valence-corrected chi connectivity index (χ2v) is 3.93. The molecule has 0 aromatic carbocycles. The monoisotopic (exact) mass is 172 g/mol. The van der Waals surface area contributed by atoms with Crippen molar-refractivity contribution in [2.75, 3.05) is 13.2 Å². The molecule has 0 radical (unpaired) electrons. The molecule has 12 heavy (non-hydrogen) atoms. The average Bonchev–Trinajstić information content (AvgIpc) is 2.65. The zero-order chi connectivity index (χ0) is 8.97. The second kappa shape index (κ2) is 4.83. The smallest absolute Gasteiger partial charge is 0.0462 e. The Morgan fingerprint density at radius 2 is 1.83 bits per heavy atom. The van der Waals surface area contributed by atoms with Crippen LogP contribution in [0.1, 0.15) is 32.6 Å². The molecule has 2 fully saturated rings. The van der Waals surface area contributed by atoms with Crippen molar-refractivity contribution in [3.63, 3.8) is 0 Å². The maximum Gasteiger partial charge on any atom is 0.0462 e. The topological polar surface area (TPSA) is 40.5 Å². The highest BCUT2D eigenvalue weighted by atomic mass is 16.3. The summed E-state index contributed by atoms with van der Waals surface area (Å²) in [5, 5.41) is 16.5. The Hall–Kier alpha value is -0.0800. The van der Waals surface area contributed by atoms with Gasteiger partial charge in [-0.15, -0.1) is 0 Å². The van der Waals surface area contributed by atoms with Crippen molar-refractivity contribution in [3.05, 3.63) is 0 Å². The average molecular weight is 172 g/mol. The molecule has 72 valence electrons. The summed E-state index contributed by atoms with van der Waals surface area (Å²) in [6, 6.07) is 0. The fourth-order valence-corrected chi connectivity index (χ4v) is 2.60. The zero-order valence-corrected chi connectivity index (χ0v) is 7.87. The van der Waals surface area contributed by atoms with Crippen molar-refractivity contribution < 1.29 is 10.2 Å². The minimum absolute atomic E-state index is 0.250. The molecule has 0 saturated heterocycles. The summed E-state index contributed by atoms with van der Waals surface area (Å²) in [4.78, 5) is 0. The molecule has 2 bridgehead atoms. The molecular formula is C10H20O2. The lowest BCUT2D eigenvalue weighted by atomic mass is 9.90. The fraction of sp³-hybridized carbons (Fsp3) is 1.00. The van der Waals surface area contributed by atoms with Crippen LogP contribution in [0, 0.1) is 17.8 Å². The van der Waals surface area contributed by atoms with E-state index in [9.17, 15) is 0 Å². The van der Waals surface area contributed by atoms with Gasteiger partial charge in [0.05, 0.1) is 0 Å². The van der Waals surface area contributed by atoms with E-state index in [1.54, 1.807) is 6.92 Å². The predicted molar refractivity (Wildman–Crippen MR) is 48.8 cm³/mol. The molecule has 2 aliphatic carbocycles. The molecule has 2 N–H and O–H groups in total. The summed E-state index contributed by atoms with van der Waals surface area (Å²) in [6.45, 7) is 2.38. The van der Waals surface area contributed by atoms with Crippen LogP contribution in [-0.4, -0.2) is 23.4 Å². The lowest BCUT2D eigenvalue weighted by Crippen LogP contribution is -2.13. The lowest BCUT2D eigenvalue weighted by molar-refractivity contribution is 0.177.